The van der Waals surface area contributed by atoms with Crippen LogP contribution in [0.3, 0.4) is 0 Å². The van der Waals surface area contributed by atoms with E-state index in [1.807, 2.05) is 12.1 Å². The van der Waals surface area contributed by atoms with Crippen molar-refractivity contribution >= 4 is 29.7 Å². The van der Waals surface area contributed by atoms with Crippen LogP contribution in [0, 0.1) is 6.92 Å². The molecular formula is C34H34O12. The Morgan fingerprint density at radius 2 is 1.67 bits per heavy atom. The van der Waals surface area contributed by atoms with Crippen LogP contribution in [0.4, 0.5) is 0 Å². The number of aromatic hydroxyl groups is 1. The van der Waals surface area contributed by atoms with Crippen LogP contribution in [-0.4, -0.2) is 85.5 Å². The van der Waals surface area contributed by atoms with E-state index >= 15 is 0 Å². The number of carbonyl (C=O) groups excluding carboxylic acids is 3. The molecule has 12 heteroatoms. The Bertz CT molecular complexity index is 1740. The molecular weight excluding hydrogens is 600 g/mol. The Balaban J connectivity index is 1.66. The first-order valence-corrected chi connectivity index (χ1v) is 14.6. The molecule has 0 saturated carbocycles. The lowest BCUT2D eigenvalue weighted by molar-refractivity contribution is -0.268. The number of aliphatic hydroxyl groups is 5. The summed E-state index contributed by atoms with van der Waals surface area (Å²) >= 11 is 0. The molecule has 1 aliphatic heterocycles. The number of benzene rings is 3. The standard InChI is InChI=1S/C34H34O12/c1-15-23(46-34-33(43)32(42)29(39)16(2)44-34)13-22-27(28(15)38)31(41)25-20(14-36)12-24(45-17(3)37)21(26(25)30(22)40)8-7-18-5-4-6-19(11-18)9-10-35/h4-8,11-13,16,29,32-36,38-39,42-43H,9-10,14H2,1-3H3/b8-7+/t16-,29+,32+,33+,34+/m0/s1. The van der Waals surface area contributed by atoms with Crippen LogP contribution in [0.5, 0.6) is 17.2 Å². The summed E-state index contributed by atoms with van der Waals surface area (Å²) < 4.78 is 16.7. The van der Waals surface area contributed by atoms with Crippen LogP contribution >= 0.6 is 0 Å². The van der Waals surface area contributed by atoms with Gasteiger partial charge in [0, 0.05) is 41.3 Å². The third-order valence-corrected chi connectivity index (χ3v) is 8.11. The monoisotopic (exact) mass is 634 g/mol. The molecule has 0 spiro atoms. The zero-order chi connectivity index (χ0) is 33.4. The van der Waals surface area contributed by atoms with Crippen molar-refractivity contribution in [3.05, 3.63) is 86.5 Å². The molecule has 5 rings (SSSR count). The maximum Gasteiger partial charge on any atom is 0.308 e. The molecule has 2 aliphatic rings. The lowest BCUT2D eigenvalue weighted by atomic mass is 9.78. The van der Waals surface area contributed by atoms with E-state index in [9.17, 15) is 45.0 Å². The van der Waals surface area contributed by atoms with E-state index in [2.05, 4.69) is 0 Å². The number of phenols is 1. The predicted molar refractivity (Wildman–Crippen MR) is 163 cm³/mol. The molecule has 1 fully saturated rings. The zero-order valence-electron chi connectivity index (χ0n) is 25.3. The van der Waals surface area contributed by atoms with E-state index in [1.54, 1.807) is 18.2 Å². The van der Waals surface area contributed by atoms with Crippen molar-refractivity contribution in [1.29, 1.82) is 0 Å². The van der Waals surface area contributed by atoms with E-state index in [1.165, 1.54) is 32.1 Å². The molecule has 0 unspecified atom stereocenters. The number of carbonyl (C=O) groups is 3. The molecule has 1 saturated heterocycles. The van der Waals surface area contributed by atoms with Gasteiger partial charge in [0.1, 0.15) is 35.6 Å². The first-order chi connectivity index (χ1) is 21.9. The lowest BCUT2D eigenvalue weighted by Crippen LogP contribution is -2.58. The van der Waals surface area contributed by atoms with Crippen molar-refractivity contribution in [1.82, 2.24) is 0 Å². The quantitative estimate of drug-likeness (QED) is 0.0934. The predicted octanol–water partition coefficient (Wildman–Crippen LogP) is 1.81. The first-order valence-electron chi connectivity index (χ1n) is 14.6. The first kappa shape index (κ1) is 32.9. The number of aliphatic hydroxyl groups excluding tert-OH is 5. The molecule has 1 heterocycles. The van der Waals surface area contributed by atoms with Gasteiger partial charge in [0.2, 0.25) is 6.29 Å². The summed E-state index contributed by atoms with van der Waals surface area (Å²) in [6.07, 6.45) is -3.56. The number of fused-ring (bicyclic) bond motifs is 2. The second kappa shape index (κ2) is 13.1. The van der Waals surface area contributed by atoms with Gasteiger partial charge in [-0.3, -0.25) is 14.4 Å². The van der Waals surface area contributed by atoms with E-state index in [4.69, 9.17) is 14.2 Å². The highest BCUT2D eigenvalue weighted by Gasteiger charge is 2.44. The van der Waals surface area contributed by atoms with E-state index in [-0.39, 0.29) is 57.1 Å². The average Bonchev–Trinajstić information content (AvgIpc) is 3.02. The average molecular weight is 635 g/mol. The van der Waals surface area contributed by atoms with Crippen molar-refractivity contribution in [2.24, 2.45) is 0 Å². The van der Waals surface area contributed by atoms with Gasteiger partial charge in [-0.25, -0.2) is 0 Å². The van der Waals surface area contributed by atoms with E-state index < -0.39 is 60.6 Å². The van der Waals surface area contributed by atoms with Crippen molar-refractivity contribution < 1.29 is 59.2 Å². The second-order valence-corrected chi connectivity index (χ2v) is 11.2. The molecule has 1 aliphatic carbocycles. The van der Waals surface area contributed by atoms with Crippen LogP contribution in [0.1, 0.15) is 73.5 Å². The van der Waals surface area contributed by atoms with Gasteiger partial charge in [-0.05, 0) is 55.2 Å². The molecule has 0 aromatic heterocycles. The molecule has 46 heavy (non-hydrogen) atoms. The minimum atomic E-state index is -1.69. The number of ether oxygens (including phenoxy) is 3. The van der Waals surface area contributed by atoms with Gasteiger partial charge in [-0.2, -0.15) is 0 Å². The number of rotatable bonds is 8. The van der Waals surface area contributed by atoms with E-state index in [0.29, 0.717) is 12.0 Å². The highest BCUT2D eigenvalue weighted by atomic mass is 16.7. The van der Waals surface area contributed by atoms with Gasteiger partial charge in [0.05, 0.1) is 18.3 Å². The number of hydrogen-bond acceptors (Lipinski definition) is 12. The highest BCUT2D eigenvalue weighted by molar-refractivity contribution is 6.31. The summed E-state index contributed by atoms with van der Waals surface area (Å²) in [5.74, 6) is -3.05. The van der Waals surface area contributed by atoms with Crippen molar-refractivity contribution in [3.63, 3.8) is 0 Å². The van der Waals surface area contributed by atoms with Gasteiger partial charge >= 0.3 is 5.97 Å². The van der Waals surface area contributed by atoms with Gasteiger partial charge in [-0.15, -0.1) is 0 Å². The normalized spacial score (nSPS) is 22.5. The SMILES string of the molecule is CC(=O)Oc1cc(CO)c2c(c1/C=C/c1cccc(CCO)c1)C(=O)c1cc(O[C@H]3O[C@@H](C)[C@@H](O)[C@@H](O)[C@H]3O)c(C)c(O)c1C2=O. The highest BCUT2D eigenvalue weighted by Crippen LogP contribution is 2.44. The summed E-state index contributed by atoms with van der Waals surface area (Å²) in [5, 5.41) is 61.5. The molecule has 242 valence electrons. The van der Waals surface area contributed by atoms with Gasteiger partial charge < -0.3 is 44.8 Å². The molecule has 3 aromatic carbocycles. The maximum atomic E-state index is 14.3. The van der Waals surface area contributed by atoms with Crippen LogP contribution in [0.25, 0.3) is 12.2 Å². The van der Waals surface area contributed by atoms with Gasteiger partial charge in [-0.1, -0.05) is 30.3 Å². The Hall–Kier alpha value is -4.43. The lowest BCUT2D eigenvalue weighted by Gasteiger charge is -2.39. The number of hydrogen-bond donors (Lipinski definition) is 6. The smallest absolute Gasteiger partial charge is 0.308 e. The van der Waals surface area contributed by atoms with E-state index in [0.717, 1.165) is 12.5 Å². The maximum absolute atomic E-state index is 14.3. The molecule has 3 aromatic rings. The van der Waals surface area contributed by atoms with Crippen molar-refractivity contribution in [3.8, 4) is 17.2 Å². The largest absolute Gasteiger partial charge is 0.507 e. The fourth-order valence-electron chi connectivity index (χ4n) is 5.68. The Morgan fingerprint density at radius 1 is 0.935 bits per heavy atom. The Kier molecular flexibility index (Phi) is 9.40. The summed E-state index contributed by atoms with van der Waals surface area (Å²) in [4.78, 5) is 40.4. The van der Waals surface area contributed by atoms with Crippen molar-refractivity contribution in [2.45, 2.75) is 64.5 Å². The topological polar surface area (TPSA) is 200 Å². The molecule has 0 amide bonds. The Labute approximate surface area is 263 Å². The molecule has 0 bridgehead atoms. The molecule has 0 radical (unpaired) electrons. The minimum absolute atomic E-state index is 0.00464. The summed E-state index contributed by atoms with van der Waals surface area (Å²) in [5.41, 5.74) is 0.667. The van der Waals surface area contributed by atoms with Crippen LogP contribution in [0.2, 0.25) is 0 Å². The van der Waals surface area contributed by atoms with Gasteiger partial charge in [0.15, 0.2) is 11.6 Å². The van der Waals surface area contributed by atoms with Gasteiger partial charge in [0.25, 0.3) is 0 Å². The molecule has 12 nitrogen and oxygen atoms in total. The fraction of sp³-hybridized carbons (Fsp3) is 0.324. The van der Waals surface area contributed by atoms with Crippen LogP contribution in [-0.2, 0) is 22.6 Å². The summed E-state index contributed by atoms with van der Waals surface area (Å²) in [6.45, 7) is 3.29. The Morgan fingerprint density at radius 3 is 2.35 bits per heavy atom. The molecule has 6 N–H and O–H groups in total. The zero-order valence-corrected chi connectivity index (χ0v) is 25.3. The summed E-state index contributed by atoms with van der Waals surface area (Å²) in [7, 11) is 0. The van der Waals surface area contributed by atoms with Crippen LogP contribution < -0.4 is 9.47 Å². The number of ketones is 2. The number of esters is 1. The minimum Gasteiger partial charge on any atom is -0.507 e. The fourth-order valence-corrected chi connectivity index (χ4v) is 5.68. The third kappa shape index (κ3) is 5.94. The van der Waals surface area contributed by atoms with Crippen molar-refractivity contribution in [2.75, 3.05) is 6.61 Å². The number of phenolic OH excluding ortho intramolecular Hbond substituents is 1. The summed E-state index contributed by atoms with van der Waals surface area (Å²) in [6, 6.07) is 9.72. The molecule has 5 atom stereocenters. The van der Waals surface area contributed by atoms with Crippen LogP contribution in [0.15, 0.2) is 36.4 Å². The third-order valence-electron chi connectivity index (χ3n) is 8.11. The second-order valence-electron chi connectivity index (χ2n) is 11.2.